The first kappa shape index (κ1) is 18.7. The number of carbonyl (C=O) groups is 1. The molecule has 0 aliphatic heterocycles. The van der Waals surface area contributed by atoms with E-state index in [0.717, 1.165) is 22.3 Å². The first-order valence-corrected chi connectivity index (χ1v) is 9.71. The van der Waals surface area contributed by atoms with Gasteiger partial charge in [0.1, 0.15) is 0 Å². The van der Waals surface area contributed by atoms with Crippen LogP contribution in [0, 0.1) is 0 Å². The summed E-state index contributed by atoms with van der Waals surface area (Å²) in [5.74, 6) is -0.360. The number of primary amides is 1. The molecule has 4 rings (SSSR count). The van der Waals surface area contributed by atoms with Gasteiger partial charge in [0.05, 0.1) is 5.41 Å². The van der Waals surface area contributed by atoms with Gasteiger partial charge in [-0.25, -0.2) is 0 Å². The van der Waals surface area contributed by atoms with Gasteiger partial charge in [0.15, 0.2) is 0 Å². The lowest BCUT2D eigenvalue weighted by atomic mass is 9.75. The fourth-order valence-electron chi connectivity index (χ4n) is 3.81. The van der Waals surface area contributed by atoms with Crippen LogP contribution in [0.25, 0.3) is 22.3 Å². The molecule has 1 amide bonds. The van der Waals surface area contributed by atoms with Crippen LogP contribution in [-0.4, -0.2) is 5.91 Å². The number of hydrogen-bond donors (Lipinski definition) is 1. The third-order valence-electron chi connectivity index (χ3n) is 5.63. The van der Waals surface area contributed by atoms with Gasteiger partial charge >= 0.3 is 0 Å². The Hall–Kier alpha value is -3.65. The molecule has 4 aromatic carbocycles. The second kappa shape index (κ2) is 7.76. The first-order chi connectivity index (χ1) is 14.1. The van der Waals surface area contributed by atoms with Gasteiger partial charge in [0.25, 0.3) is 0 Å². The highest BCUT2D eigenvalue weighted by atomic mass is 16.1. The Labute approximate surface area is 171 Å². The maximum Gasteiger partial charge on any atom is 0.232 e. The average Bonchev–Trinajstić information content (AvgIpc) is 2.79. The molecule has 4 aromatic rings. The summed E-state index contributed by atoms with van der Waals surface area (Å²) >= 11 is 0. The van der Waals surface area contributed by atoms with Crippen LogP contribution in [0.3, 0.4) is 0 Å². The number of rotatable bonds is 5. The molecule has 0 radical (unpaired) electrons. The minimum Gasteiger partial charge on any atom is -0.369 e. The van der Waals surface area contributed by atoms with Gasteiger partial charge in [-0.1, -0.05) is 109 Å². The maximum absolute atomic E-state index is 12.4. The largest absolute Gasteiger partial charge is 0.369 e. The van der Waals surface area contributed by atoms with Crippen molar-refractivity contribution < 1.29 is 4.79 Å². The molecule has 2 N–H and O–H groups in total. The molecule has 2 nitrogen and oxygen atoms in total. The van der Waals surface area contributed by atoms with E-state index < -0.39 is 5.41 Å². The highest BCUT2D eigenvalue weighted by molar-refractivity contribution is 5.91. The van der Waals surface area contributed by atoms with Gasteiger partial charge in [0.2, 0.25) is 5.91 Å². The fourth-order valence-corrected chi connectivity index (χ4v) is 3.81. The Bertz CT molecular complexity index is 1120. The summed E-state index contributed by atoms with van der Waals surface area (Å²) in [6.07, 6.45) is 0. The van der Waals surface area contributed by atoms with Crippen molar-refractivity contribution in [2.75, 3.05) is 0 Å². The Morgan fingerprint density at radius 3 is 1.52 bits per heavy atom. The third kappa shape index (κ3) is 3.45. The van der Waals surface area contributed by atoms with Crippen LogP contribution in [0.2, 0.25) is 0 Å². The van der Waals surface area contributed by atoms with Crippen molar-refractivity contribution in [1.82, 2.24) is 0 Å². The van der Waals surface area contributed by atoms with Crippen molar-refractivity contribution in [2.45, 2.75) is 12.3 Å². The monoisotopic (exact) mass is 377 g/mol. The molecule has 0 aliphatic rings. The molecule has 0 heterocycles. The minimum absolute atomic E-state index is 0.360. The van der Waals surface area contributed by atoms with Crippen LogP contribution in [-0.2, 0) is 10.2 Å². The average molecular weight is 377 g/mol. The van der Waals surface area contributed by atoms with Crippen molar-refractivity contribution in [3.8, 4) is 22.3 Å². The predicted molar refractivity (Wildman–Crippen MR) is 119 cm³/mol. The lowest BCUT2D eigenvalue weighted by molar-refractivity contribution is -0.121. The predicted octanol–water partition coefficient (Wildman–Crippen LogP) is 5.81. The smallest absolute Gasteiger partial charge is 0.232 e. The van der Waals surface area contributed by atoms with Crippen LogP contribution in [0.1, 0.15) is 18.1 Å². The molecule has 2 heteroatoms. The Morgan fingerprint density at radius 1 is 0.586 bits per heavy atom. The van der Waals surface area contributed by atoms with Gasteiger partial charge in [-0.3, -0.25) is 4.79 Å². The maximum atomic E-state index is 12.4. The molecular weight excluding hydrogens is 354 g/mol. The lowest BCUT2D eigenvalue weighted by Gasteiger charge is -2.27. The van der Waals surface area contributed by atoms with Crippen LogP contribution >= 0.6 is 0 Å². The second-order valence-corrected chi connectivity index (χ2v) is 7.34. The number of amides is 1. The second-order valence-electron chi connectivity index (χ2n) is 7.34. The highest BCUT2D eigenvalue weighted by Gasteiger charge is 2.35. The summed E-state index contributed by atoms with van der Waals surface area (Å²) in [6, 6.07) is 36.6. The number of hydrogen-bond acceptors (Lipinski definition) is 1. The van der Waals surface area contributed by atoms with Crippen LogP contribution < -0.4 is 5.73 Å². The van der Waals surface area contributed by atoms with Crippen molar-refractivity contribution in [3.63, 3.8) is 0 Å². The van der Waals surface area contributed by atoms with E-state index in [1.807, 2.05) is 73.7 Å². The molecule has 1 atom stereocenters. The molecule has 0 aromatic heterocycles. The third-order valence-corrected chi connectivity index (χ3v) is 5.63. The van der Waals surface area contributed by atoms with E-state index in [1.54, 1.807) is 0 Å². The van der Waals surface area contributed by atoms with Gasteiger partial charge in [-0.15, -0.1) is 0 Å². The van der Waals surface area contributed by atoms with Crippen LogP contribution in [0.15, 0.2) is 109 Å². The summed E-state index contributed by atoms with van der Waals surface area (Å²) in [4.78, 5) is 12.4. The van der Waals surface area contributed by atoms with E-state index in [0.29, 0.717) is 0 Å². The zero-order valence-corrected chi connectivity index (χ0v) is 16.4. The normalized spacial score (nSPS) is 12.9. The molecule has 0 aliphatic carbocycles. The SMILES string of the molecule is CC(C(N)=O)(c1ccccc1)c1ccc(-c2ccccc2-c2ccccc2)cc1. The molecule has 142 valence electrons. The highest BCUT2D eigenvalue weighted by Crippen LogP contribution is 2.35. The zero-order chi connectivity index (χ0) is 20.3. The quantitative estimate of drug-likeness (QED) is 0.468. The summed E-state index contributed by atoms with van der Waals surface area (Å²) < 4.78 is 0. The number of benzene rings is 4. The minimum atomic E-state index is -0.876. The molecule has 0 fully saturated rings. The van der Waals surface area contributed by atoms with Gasteiger partial charge in [-0.05, 0) is 40.3 Å². The van der Waals surface area contributed by atoms with Crippen molar-refractivity contribution in [1.29, 1.82) is 0 Å². The van der Waals surface area contributed by atoms with Crippen molar-refractivity contribution in [2.24, 2.45) is 5.73 Å². The van der Waals surface area contributed by atoms with E-state index >= 15 is 0 Å². The van der Waals surface area contributed by atoms with E-state index in [1.165, 1.54) is 11.1 Å². The standard InChI is InChI=1S/C27H23NO/c1-27(26(28)29,22-12-6-3-7-13-22)23-18-16-21(17-19-23)25-15-9-8-14-24(25)20-10-4-2-5-11-20/h2-19H,1H3,(H2,28,29). The fraction of sp³-hybridized carbons (Fsp3) is 0.0741. The molecular formula is C27H23NO. The van der Waals surface area contributed by atoms with Crippen LogP contribution in [0.4, 0.5) is 0 Å². The van der Waals surface area contributed by atoms with Crippen molar-refractivity contribution >= 4 is 5.91 Å². The summed E-state index contributed by atoms with van der Waals surface area (Å²) in [7, 11) is 0. The van der Waals surface area contributed by atoms with E-state index in [9.17, 15) is 4.79 Å². The topological polar surface area (TPSA) is 43.1 Å². The van der Waals surface area contributed by atoms with Gasteiger partial charge < -0.3 is 5.73 Å². The number of nitrogens with two attached hydrogens (primary N) is 1. The summed E-state index contributed by atoms with van der Waals surface area (Å²) in [6.45, 7) is 1.89. The van der Waals surface area contributed by atoms with E-state index in [2.05, 4.69) is 42.5 Å². The summed E-state index contributed by atoms with van der Waals surface area (Å²) in [5.41, 5.74) is 11.4. The molecule has 0 spiro atoms. The van der Waals surface area contributed by atoms with Crippen molar-refractivity contribution in [3.05, 3.63) is 120 Å². The first-order valence-electron chi connectivity index (χ1n) is 9.71. The van der Waals surface area contributed by atoms with Gasteiger partial charge in [0, 0.05) is 0 Å². The molecule has 0 saturated carbocycles. The Morgan fingerprint density at radius 2 is 1.00 bits per heavy atom. The van der Waals surface area contributed by atoms with E-state index in [-0.39, 0.29) is 5.91 Å². The summed E-state index contributed by atoms with van der Waals surface area (Å²) in [5, 5.41) is 0. The Kier molecular flexibility index (Phi) is 5.01. The lowest BCUT2D eigenvalue weighted by Crippen LogP contribution is -2.39. The van der Waals surface area contributed by atoms with Crippen LogP contribution in [0.5, 0.6) is 0 Å². The molecule has 1 unspecified atom stereocenters. The Balaban J connectivity index is 1.77. The molecule has 29 heavy (non-hydrogen) atoms. The molecule has 0 bridgehead atoms. The zero-order valence-electron chi connectivity index (χ0n) is 16.4. The molecule has 0 saturated heterocycles. The van der Waals surface area contributed by atoms with Gasteiger partial charge in [-0.2, -0.15) is 0 Å². The van der Waals surface area contributed by atoms with E-state index in [4.69, 9.17) is 5.73 Å². The number of carbonyl (C=O) groups excluding carboxylic acids is 1.